The van der Waals surface area contributed by atoms with Crippen LogP contribution in [0.4, 0.5) is 0 Å². The first kappa shape index (κ1) is 18.7. The molecule has 24 heavy (non-hydrogen) atoms. The lowest BCUT2D eigenvalue weighted by Crippen LogP contribution is -2.64. The largest absolute Gasteiger partial charge is 0.347 e. The number of nitrogens with one attached hydrogen (secondary N) is 1. The van der Waals surface area contributed by atoms with E-state index in [4.69, 9.17) is 0 Å². The minimum Gasteiger partial charge on any atom is -0.347 e. The third-order valence-electron chi connectivity index (χ3n) is 5.34. The second kappa shape index (κ2) is 7.51. The maximum absolute atomic E-state index is 12.4. The van der Waals surface area contributed by atoms with Crippen LogP contribution in [0.15, 0.2) is 0 Å². The van der Waals surface area contributed by atoms with Gasteiger partial charge in [0.05, 0.1) is 12.1 Å². The van der Waals surface area contributed by atoms with Crippen LogP contribution in [-0.4, -0.2) is 83.8 Å². The molecule has 2 atom stereocenters. The van der Waals surface area contributed by atoms with Crippen molar-refractivity contribution in [3.8, 4) is 0 Å². The van der Waals surface area contributed by atoms with E-state index in [1.165, 1.54) is 6.92 Å². The molecule has 0 radical (unpaired) electrons. The molecule has 7 nitrogen and oxygen atoms in total. The van der Waals surface area contributed by atoms with E-state index in [-0.39, 0.29) is 23.6 Å². The van der Waals surface area contributed by atoms with Crippen molar-refractivity contribution < 1.29 is 14.4 Å². The van der Waals surface area contributed by atoms with Crippen molar-refractivity contribution in [2.45, 2.75) is 39.7 Å². The minimum atomic E-state index is -0.431. The van der Waals surface area contributed by atoms with Crippen LogP contribution in [0.1, 0.15) is 34.1 Å². The molecule has 0 aromatic carbocycles. The number of amides is 3. The Hall–Kier alpha value is -1.63. The first-order chi connectivity index (χ1) is 11.3. The van der Waals surface area contributed by atoms with Crippen LogP contribution >= 0.6 is 0 Å². The van der Waals surface area contributed by atoms with E-state index in [2.05, 4.69) is 10.2 Å². The van der Waals surface area contributed by atoms with Crippen LogP contribution in [0.25, 0.3) is 0 Å². The molecule has 2 rings (SSSR count). The first-order valence-electron chi connectivity index (χ1n) is 8.85. The van der Waals surface area contributed by atoms with Crippen molar-refractivity contribution >= 4 is 17.7 Å². The van der Waals surface area contributed by atoms with Crippen LogP contribution in [0.3, 0.4) is 0 Å². The molecule has 0 unspecified atom stereocenters. The van der Waals surface area contributed by atoms with Crippen molar-refractivity contribution in [3.63, 3.8) is 0 Å². The van der Waals surface area contributed by atoms with E-state index in [1.807, 2.05) is 23.6 Å². The summed E-state index contributed by atoms with van der Waals surface area (Å²) in [6.07, 6.45) is 0.885. The Kier molecular flexibility index (Phi) is 5.85. The molecule has 0 spiro atoms. The lowest BCUT2D eigenvalue weighted by atomic mass is 9.80. The molecular formula is C17H30N4O3. The third-order valence-corrected chi connectivity index (χ3v) is 5.34. The molecule has 2 saturated heterocycles. The number of piperidine rings is 1. The fourth-order valence-corrected chi connectivity index (χ4v) is 4.11. The summed E-state index contributed by atoms with van der Waals surface area (Å²) in [5.41, 5.74) is -0.431. The van der Waals surface area contributed by atoms with Gasteiger partial charge in [0, 0.05) is 52.5 Å². The number of fused-ring (bicyclic) bond motifs is 1. The van der Waals surface area contributed by atoms with Crippen LogP contribution in [0.2, 0.25) is 0 Å². The molecule has 1 N–H and O–H groups in total. The van der Waals surface area contributed by atoms with Gasteiger partial charge in [0.2, 0.25) is 17.7 Å². The zero-order valence-electron chi connectivity index (χ0n) is 15.3. The molecule has 0 saturated carbocycles. The van der Waals surface area contributed by atoms with E-state index >= 15 is 0 Å². The highest BCUT2D eigenvalue weighted by Crippen LogP contribution is 2.35. The van der Waals surface area contributed by atoms with Crippen LogP contribution in [0, 0.1) is 5.92 Å². The fourth-order valence-electron chi connectivity index (χ4n) is 4.11. The second-order valence-electron chi connectivity index (χ2n) is 7.00. The van der Waals surface area contributed by atoms with Crippen molar-refractivity contribution in [1.82, 2.24) is 20.0 Å². The summed E-state index contributed by atoms with van der Waals surface area (Å²) in [7, 11) is 0. The Balaban J connectivity index is 2.11. The summed E-state index contributed by atoms with van der Waals surface area (Å²) in [6, 6.07) is 0. The average molecular weight is 338 g/mol. The maximum atomic E-state index is 12.4. The molecule has 2 fully saturated rings. The second-order valence-corrected chi connectivity index (χ2v) is 7.00. The van der Waals surface area contributed by atoms with Crippen molar-refractivity contribution in [2.24, 2.45) is 5.92 Å². The fraction of sp³-hybridized carbons (Fsp3) is 0.824. The van der Waals surface area contributed by atoms with Gasteiger partial charge in [-0.25, -0.2) is 0 Å². The molecule has 0 bridgehead atoms. The van der Waals surface area contributed by atoms with E-state index < -0.39 is 5.54 Å². The Morgan fingerprint density at radius 2 is 1.83 bits per heavy atom. The van der Waals surface area contributed by atoms with Gasteiger partial charge in [0.1, 0.15) is 0 Å². The third kappa shape index (κ3) is 3.88. The average Bonchev–Trinajstić information content (AvgIpc) is 2.86. The smallest absolute Gasteiger partial charge is 0.236 e. The molecule has 0 aromatic heterocycles. The van der Waals surface area contributed by atoms with Gasteiger partial charge in [-0.3, -0.25) is 19.3 Å². The van der Waals surface area contributed by atoms with Gasteiger partial charge in [-0.1, -0.05) is 0 Å². The zero-order valence-corrected chi connectivity index (χ0v) is 15.3. The topological polar surface area (TPSA) is 73.0 Å². The maximum Gasteiger partial charge on any atom is 0.236 e. The summed E-state index contributed by atoms with van der Waals surface area (Å²) in [6.45, 7) is 11.5. The van der Waals surface area contributed by atoms with Gasteiger partial charge in [0.25, 0.3) is 0 Å². The minimum absolute atomic E-state index is 0.0416. The summed E-state index contributed by atoms with van der Waals surface area (Å²) in [5, 5.41) is 3.10. The predicted octanol–water partition coefficient (Wildman–Crippen LogP) is -0.0863. The van der Waals surface area contributed by atoms with Gasteiger partial charge in [-0.2, -0.15) is 0 Å². The Morgan fingerprint density at radius 1 is 1.17 bits per heavy atom. The van der Waals surface area contributed by atoms with E-state index in [0.29, 0.717) is 39.3 Å². The van der Waals surface area contributed by atoms with Gasteiger partial charge in [-0.05, 0) is 26.8 Å². The number of likely N-dealkylation sites (tertiary alicyclic amines) is 2. The lowest BCUT2D eigenvalue weighted by molar-refractivity contribution is -0.133. The highest BCUT2D eigenvalue weighted by Gasteiger charge is 2.51. The molecule has 7 heteroatoms. The quantitative estimate of drug-likeness (QED) is 0.761. The highest BCUT2D eigenvalue weighted by atomic mass is 16.2. The lowest BCUT2D eigenvalue weighted by Gasteiger charge is -2.44. The summed E-state index contributed by atoms with van der Waals surface area (Å²) < 4.78 is 0. The number of hydrogen-bond donors (Lipinski definition) is 1. The van der Waals surface area contributed by atoms with Gasteiger partial charge in [-0.15, -0.1) is 0 Å². The Morgan fingerprint density at radius 3 is 2.38 bits per heavy atom. The number of hydrogen-bond acceptors (Lipinski definition) is 4. The Labute approximate surface area is 144 Å². The van der Waals surface area contributed by atoms with E-state index in [1.54, 1.807) is 6.92 Å². The molecular weight excluding hydrogens is 308 g/mol. The van der Waals surface area contributed by atoms with E-state index in [9.17, 15) is 14.4 Å². The molecule has 2 heterocycles. The number of carbonyl (C=O) groups excluding carboxylic acids is 3. The van der Waals surface area contributed by atoms with Crippen LogP contribution < -0.4 is 5.32 Å². The first-order valence-corrected chi connectivity index (χ1v) is 8.85. The Bertz CT molecular complexity index is 506. The summed E-state index contributed by atoms with van der Waals surface area (Å²) in [4.78, 5) is 41.7. The van der Waals surface area contributed by atoms with Crippen LogP contribution in [0.5, 0.6) is 0 Å². The monoisotopic (exact) mass is 338 g/mol. The molecule has 3 amide bonds. The van der Waals surface area contributed by atoms with Gasteiger partial charge in [0.15, 0.2) is 0 Å². The van der Waals surface area contributed by atoms with Crippen molar-refractivity contribution in [1.29, 1.82) is 0 Å². The van der Waals surface area contributed by atoms with Crippen molar-refractivity contribution in [2.75, 3.05) is 45.8 Å². The molecule has 0 aliphatic carbocycles. The normalized spacial score (nSPS) is 26.8. The molecule has 2 aliphatic rings. The standard InChI is InChI=1S/C17H30N4O3/c1-5-20(6-2)16(24)10-19-8-7-15-9-21(14(4)23)12-17(15,11-19)18-13(3)22/h15H,5-12H2,1-4H3,(H,18,22)/t15-,17-/m1/s1. The van der Waals surface area contributed by atoms with Gasteiger partial charge < -0.3 is 15.1 Å². The van der Waals surface area contributed by atoms with Crippen molar-refractivity contribution in [3.05, 3.63) is 0 Å². The highest BCUT2D eigenvalue weighted by molar-refractivity contribution is 5.78. The van der Waals surface area contributed by atoms with Gasteiger partial charge >= 0.3 is 0 Å². The number of likely N-dealkylation sites (N-methyl/N-ethyl adjacent to an activating group) is 1. The summed E-state index contributed by atoms with van der Waals surface area (Å²) in [5.74, 6) is 0.338. The van der Waals surface area contributed by atoms with Crippen LogP contribution in [-0.2, 0) is 14.4 Å². The summed E-state index contributed by atoms with van der Waals surface area (Å²) >= 11 is 0. The molecule has 2 aliphatic heterocycles. The number of rotatable bonds is 5. The number of nitrogens with zero attached hydrogens (tertiary/aromatic N) is 3. The van der Waals surface area contributed by atoms with E-state index in [0.717, 1.165) is 13.0 Å². The molecule has 0 aromatic rings. The zero-order chi connectivity index (χ0) is 17.9. The predicted molar refractivity (Wildman–Crippen MR) is 91.3 cm³/mol. The molecule has 136 valence electrons. The number of carbonyl (C=O) groups is 3. The SMILES string of the molecule is CCN(CC)C(=O)CN1CC[C@@H]2CN(C(C)=O)C[C@]2(NC(C)=O)C1.